The van der Waals surface area contributed by atoms with Crippen molar-refractivity contribution in [1.82, 2.24) is 5.32 Å². The van der Waals surface area contributed by atoms with Crippen LogP contribution in [-0.2, 0) is 0 Å². The Balaban J connectivity index is 2.20. The number of anilines is 1. The highest BCUT2D eigenvalue weighted by Crippen LogP contribution is 2.23. The van der Waals surface area contributed by atoms with Crippen molar-refractivity contribution in [2.75, 3.05) is 19.0 Å². The molecule has 0 unspecified atom stereocenters. The Bertz CT molecular complexity index is 747. The molecule has 2 N–H and O–H groups in total. The molecule has 0 saturated heterocycles. The quantitative estimate of drug-likeness (QED) is 0.677. The summed E-state index contributed by atoms with van der Waals surface area (Å²) < 4.78 is 6.04. The number of para-hydroxylation sites is 1. The molecule has 0 bridgehead atoms. The van der Waals surface area contributed by atoms with E-state index in [-0.39, 0.29) is 11.8 Å². The van der Waals surface area contributed by atoms with Crippen LogP contribution in [0.3, 0.4) is 0 Å². The summed E-state index contributed by atoms with van der Waals surface area (Å²) in [5.41, 5.74) is 1.44. The fourth-order valence-corrected chi connectivity index (χ4v) is 2.86. The second-order valence-electron chi connectivity index (χ2n) is 5.10. The van der Waals surface area contributed by atoms with Crippen LogP contribution in [0.2, 0.25) is 0 Å². The minimum atomic E-state index is -0.272. The first-order valence-corrected chi connectivity index (χ1v) is 8.66. The van der Waals surface area contributed by atoms with Crippen LogP contribution in [0.15, 0.2) is 42.5 Å². The van der Waals surface area contributed by atoms with Gasteiger partial charge < -0.3 is 15.4 Å². The lowest BCUT2D eigenvalue weighted by atomic mass is 10.1. The Hall–Kier alpha value is -2.09. The van der Waals surface area contributed by atoms with Gasteiger partial charge in [-0.25, -0.2) is 0 Å². The first kappa shape index (κ1) is 18.3. The van der Waals surface area contributed by atoms with Crippen LogP contribution in [0.5, 0.6) is 5.75 Å². The summed E-state index contributed by atoms with van der Waals surface area (Å²) in [5.74, 6) is 0.245. The Labute approximate surface area is 154 Å². The van der Waals surface area contributed by atoms with Crippen LogP contribution in [0.4, 0.5) is 5.69 Å². The van der Waals surface area contributed by atoms with E-state index in [1.165, 1.54) is 0 Å². The molecule has 0 fully saturated rings. The maximum absolute atomic E-state index is 12.5. The highest BCUT2D eigenvalue weighted by molar-refractivity contribution is 14.1. The zero-order valence-corrected chi connectivity index (χ0v) is 15.7. The van der Waals surface area contributed by atoms with Gasteiger partial charge in [0.05, 0.1) is 21.9 Å². The van der Waals surface area contributed by atoms with E-state index in [9.17, 15) is 9.59 Å². The van der Waals surface area contributed by atoms with Crippen LogP contribution >= 0.6 is 22.6 Å². The number of carbonyl (C=O) groups is 2. The molecule has 0 radical (unpaired) electrons. The van der Waals surface area contributed by atoms with Crippen molar-refractivity contribution in [3.8, 4) is 5.75 Å². The van der Waals surface area contributed by atoms with Crippen molar-refractivity contribution in [2.45, 2.75) is 13.3 Å². The summed E-state index contributed by atoms with van der Waals surface area (Å²) in [6, 6.07) is 12.1. The lowest BCUT2D eigenvalue weighted by molar-refractivity contribution is 0.0954. The van der Waals surface area contributed by atoms with Crippen molar-refractivity contribution in [2.24, 2.45) is 0 Å². The first-order valence-electron chi connectivity index (χ1n) is 7.59. The molecule has 6 heteroatoms. The topological polar surface area (TPSA) is 67.4 Å². The van der Waals surface area contributed by atoms with Gasteiger partial charge in [-0.15, -0.1) is 0 Å². The molecule has 2 amide bonds. The van der Waals surface area contributed by atoms with E-state index in [0.717, 1.165) is 9.99 Å². The summed E-state index contributed by atoms with van der Waals surface area (Å²) in [7, 11) is 1.59. The van der Waals surface area contributed by atoms with Crippen molar-refractivity contribution >= 4 is 40.1 Å². The highest BCUT2D eigenvalue weighted by Gasteiger charge is 2.14. The third kappa shape index (κ3) is 4.47. The zero-order chi connectivity index (χ0) is 17.5. The van der Waals surface area contributed by atoms with Crippen LogP contribution in [-0.4, -0.2) is 25.5 Å². The minimum Gasteiger partial charge on any atom is -0.496 e. The highest BCUT2D eigenvalue weighted by atomic mass is 127. The fraction of sp³-hybridized carbons (Fsp3) is 0.222. The third-order valence-electron chi connectivity index (χ3n) is 3.37. The van der Waals surface area contributed by atoms with Gasteiger partial charge in [-0.3, -0.25) is 9.59 Å². The number of benzene rings is 2. The van der Waals surface area contributed by atoms with Gasteiger partial charge in [-0.2, -0.15) is 0 Å². The van der Waals surface area contributed by atoms with Gasteiger partial charge in [0.1, 0.15) is 5.75 Å². The molecule has 5 nitrogen and oxygen atoms in total. The number of halogens is 1. The number of ether oxygens (including phenoxy) is 1. The summed E-state index contributed by atoms with van der Waals surface area (Å²) in [4.78, 5) is 24.7. The van der Waals surface area contributed by atoms with Crippen LogP contribution < -0.4 is 15.4 Å². The van der Waals surface area contributed by atoms with Crippen molar-refractivity contribution in [1.29, 1.82) is 0 Å². The fourth-order valence-electron chi connectivity index (χ4n) is 2.13. The van der Waals surface area contributed by atoms with E-state index < -0.39 is 0 Å². The predicted octanol–water partition coefficient (Wildman–Crippen LogP) is 3.69. The molecule has 24 heavy (non-hydrogen) atoms. The maximum Gasteiger partial charge on any atom is 0.255 e. The molecule has 0 aliphatic heterocycles. The number of carbonyl (C=O) groups excluding carboxylic acids is 2. The average molecular weight is 438 g/mol. The van der Waals surface area contributed by atoms with Gasteiger partial charge in [-0.05, 0) is 59.3 Å². The Kier molecular flexibility index (Phi) is 6.60. The molecule has 0 aromatic heterocycles. The van der Waals surface area contributed by atoms with Crippen molar-refractivity contribution in [3.05, 3.63) is 57.2 Å². The number of amides is 2. The summed E-state index contributed by atoms with van der Waals surface area (Å²) in [6.07, 6.45) is 0.852. The molecule has 2 aromatic rings. The van der Waals surface area contributed by atoms with Gasteiger partial charge in [0.25, 0.3) is 11.8 Å². The number of rotatable bonds is 6. The second-order valence-corrected chi connectivity index (χ2v) is 6.27. The molecule has 0 atom stereocenters. The van der Waals surface area contributed by atoms with Crippen LogP contribution in [0.1, 0.15) is 34.1 Å². The molecule has 0 saturated carbocycles. The predicted molar refractivity (Wildman–Crippen MR) is 103 cm³/mol. The van der Waals surface area contributed by atoms with E-state index in [4.69, 9.17) is 4.74 Å². The first-order chi connectivity index (χ1) is 11.6. The minimum absolute atomic E-state index is 0.197. The molecule has 0 aliphatic carbocycles. The maximum atomic E-state index is 12.5. The van der Waals surface area contributed by atoms with Gasteiger partial charge in [0, 0.05) is 12.1 Å². The standard InChI is InChI=1S/C18H19IN2O3/c1-3-10-20-18(23)13-6-4-5-7-15(13)21-17(22)12-8-9-16(24-2)14(19)11-12/h4-9,11H,3,10H2,1-2H3,(H,20,23)(H,21,22). The number of hydrogen-bond acceptors (Lipinski definition) is 3. The normalized spacial score (nSPS) is 10.1. The number of nitrogens with one attached hydrogen (secondary N) is 2. The molecule has 2 rings (SSSR count). The van der Waals surface area contributed by atoms with Crippen LogP contribution in [0, 0.1) is 3.57 Å². The smallest absolute Gasteiger partial charge is 0.255 e. The lowest BCUT2D eigenvalue weighted by Gasteiger charge is -2.12. The summed E-state index contributed by atoms with van der Waals surface area (Å²) in [5, 5.41) is 5.62. The molecular formula is C18H19IN2O3. The lowest BCUT2D eigenvalue weighted by Crippen LogP contribution is -2.25. The van der Waals surface area contributed by atoms with E-state index >= 15 is 0 Å². The third-order valence-corrected chi connectivity index (χ3v) is 4.21. The SMILES string of the molecule is CCCNC(=O)c1ccccc1NC(=O)c1ccc(OC)c(I)c1. The molecule has 2 aromatic carbocycles. The Morgan fingerprint density at radius 2 is 1.88 bits per heavy atom. The molecule has 0 aliphatic rings. The second kappa shape index (κ2) is 8.68. The summed E-state index contributed by atoms with van der Waals surface area (Å²) in [6.45, 7) is 2.58. The van der Waals surface area contributed by atoms with E-state index in [2.05, 4.69) is 33.2 Å². The monoisotopic (exact) mass is 438 g/mol. The van der Waals surface area contributed by atoms with E-state index in [1.807, 2.05) is 6.92 Å². The van der Waals surface area contributed by atoms with Crippen molar-refractivity contribution in [3.63, 3.8) is 0 Å². The molecule has 0 heterocycles. The Morgan fingerprint density at radius 3 is 2.54 bits per heavy atom. The molecule has 0 spiro atoms. The van der Waals surface area contributed by atoms with Crippen molar-refractivity contribution < 1.29 is 14.3 Å². The average Bonchev–Trinajstić information content (AvgIpc) is 2.60. The van der Waals surface area contributed by atoms with Gasteiger partial charge in [0.2, 0.25) is 0 Å². The van der Waals surface area contributed by atoms with Gasteiger partial charge in [0.15, 0.2) is 0 Å². The largest absolute Gasteiger partial charge is 0.496 e. The summed E-state index contributed by atoms with van der Waals surface area (Å²) >= 11 is 2.11. The van der Waals surface area contributed by atoms with Gasteiger partial charge in [-0.1, -0.05) is 19.1 Å². The zero-order valence-electron chi connectivity index (χ0n) is 13.6. The number of hydrogen-bond donors (Lipinski definition) is 2. The molecular weight excluding hydrogens is 419 g/mol. The number of methoxy groups -OCH3 is 1. The van der Waals surface area contributed by atoms with E-state index in [0.29, 0.717) is 29.1 Å². The van der Waals surface area contributed by atoms with E-state index in [1.54, 1.807) is 49.6 Å². The van der Waals surface area contributed by atoms with Crippen LogP contribution in [0.25, 0.3) is 0 Å². The Morgan fingerprint density at radius 1 is 1.12 bits per heavy atom. The molecule has 126 valence electrons. The van der Waals surface area contributed by atoms with Gasteiger partial charge >= 0.3 is 0 Å².